The Kier molecular flexibility index (Phi) is 7.44. The molecule has 0 aliphatic carbocycles. The number of rotatable bonds is 5. The van der Waals surface area contributed by atoms with Gasteiger partial charge in [0.1, 0.15) is 0 Å². The monoisotopic (exact) mass is 345 g/mol. The van der Waals surface area contributed by atoms with Gasteiger partial charge >= 0.3 is 0 Å². The molecule has 0 atom stereocenters. The van der Waals surface area contributed by atoms with Crippen molar-refractivity contribution in [2.45, 2.75) is 46.0 Å². The van der Waals surface area contributed by atoms with Gasteiger partial charge in [0.15, 0.2) is 0 Å². The third-order valence-corrected chi connectivity index (χ3v) is 4.78. The predicted molar refractivity (Wildman–Crippen MR) is 102 cm³/mol. The van der Waals surface area contributed by atoms with E-state index in [9.17, 15) is 9.59 Å². The number of aryl methyl sites for hydroxylation is 2. The summed E-state index contributed by atoms with van der Waals surface area (Å²) in [4.78, 5) is 28.4. The van der Waals surface area contributed by atoms with Crippen LogP contribution in [0.4, 0.5) is 5.69 Å². The van der Waals surface area contributed by atoms with Crippen LogP contribution in [0, 0.1) is 13.8 Å². The summed E-state index contributed by atoms with van der Waals surface area (Å²) in [6.07, 6.45) is 6.12. The Labute approximate surface area is 151 Å². The zero-order chi connectivity index (χ0) is 18.2. The highest BCUT2D eigenvalue weighted by molar-refractivity contribution is 5.95. The van der Waals surface area contributed by atoms with Crippen molar-refractivity contribution in [2.24, 2.45) is 0 Å². The van der Waals surface area contributed by atoms with Crippen molar-refractivity contribution in [2.75, 3.05) is 38.5 Å². The van der Waals surface area contributed by atoms with Gasteiger partial charge in [-0.25, -0.2) is 0 Å². The highest BCUT2D eigenvalue weighted by Gasteiger charge is 2.17. The molecule has 1 aliphatic rings. The highest BCUT2D eigenvalue weighted by atomic mass is 16.2. The van der Waals surface area contributed by atoms with Gasteiger partial charge < -0.3 is 10.2 Å². The number of hydrogen-bond donors (Lipinski definition) is 1. The van der Waals surface area contributed by atoms with E-state index < -0.39 is 0 Å². The molecule has 1 aromatic rings. The van der Waals surface area contributed by atoms with Gasteiger partial charge in [0.25, 0.3) is 0 Å². The summed E-state index contributed by atoms with van der Waals surface area (Å²) >= 11 is 0. The number of benzene rings is 1. The van der Waals surface area contributed by atoms with Crippen LogP contribution in [-0.4, -0.2) is 54.8 Å². The largest absolute Gasteiger partial charge is 0.335 e. The molecule has 2 amide bonds. The first kappa shape index (κ1) is 19.4. The molecule has 0 aromatic heterocycles. The normalized spacial score (nSPS) is 16.0. The first-order chi connectivity index (χ1) is 12.0. The van der Waals surface area contributed by atoms with Crippen molar-refractivity contribution in [1.82, 2.24) is 9.80 Å². The minimum atomic E-state index is -0.155. The molecule has 0 unspecified atom stereocenters. The summed E-state index contributed by atoms with van der Waals surface area (Å²) in [5.74, 6) is -0.145. The van der Waals surface area contributed by atoms with Crippen LogP contribution in [0.25, 0.3) is 0 Å². The van der Waals surface area contributed by atoms with Crippen molar-refractivity contribution < 1.29 is 9.59 Å². The second-order valence-electron chi connectivity index (χ2n) is 7.16. The standard InChI is InChI=1S/C20H31N3O2/c1-16-9-10-17(2)18(13-16)21-19(24)14-22(3)20(25)15-23-11-7-5-4-6-8-12-23/h9-10,13H,4-8,11-12,14-15H2,1-3H3,(H,21,24). The Morgan fingerprint density at radius 2 is 1.72 bits per heavy atom. The molecule has 5 nitrogen and oxygen atoms in total. The average Bonchev–Trinajstić information content (AvgIpc) is 2.53. The number of nitrogens with zero attached hydrogens (tertiary/aromatic N) is 2. The Morgan fingerprint density at radius 3 is 2.40 bits per heavy atom. The molecular formula is C20H31N3O2. The SMILES string of the molecule is Cc1ccc(C)c(NC(=O)CN(C)C(=O)CN2CCCCCCC2)c1. The lowest BCUT2D eigenvalue weighted by molar-refractivity contribution is -0.134. The average molecular weight is 345 g/mol. The smallest absolute Gasteiger partial charge is 0.243 e. The van der Waals surface area contributed by atoms with Gasteiger partial charge in [-0.15, -0.1) is 0 Å². The number of hydrogen-bond acceptors (Lipinski definition) is 3. The van der Waals surface area contributed by atoms with Crippen molar-refractivity contribution >= 4 is 17.5 Å². The maximum Gasteiger partial charge on any atom is 0.243 e. The molecule has 0 spiro atoms. The first-order valence-corrected chi connectivity index (χ1v) is 9.29. The number of nitrogens with one attached hydrogen (secondary N) is 1. The molecule has 1 aromatic carbocycles. The summed E-state index contributed by atoms with van der Waals surface area (Å²) < 4.78 is 0. The van der Waals surface area contributed by atoms with E-state index in [1.165, 1.54) is 24.2 Å². The lowest BCUT2D eigenvalue weighted by Gasteiger charge is -2.26. The number of likely N-dealkylation sites (tertiary alicyclic amines) is 1. The van der Waals surface area contributed by atoms with Crippen LogP contribution in [-0.2, 0) is 9.59 Å². The zero-order valence-electron chi connectivity index (χ0n) is 15.8. The van der Waals surface area contributed by atoms with Crippen LogP contribution in [0.15, 0.2) is 18.2 Å². The van der Waals surface area contributed by atoms with E-state index >= 15 is 0 Å². The lowest BCUT2D eigenvalue weighted by atomic mass is 10.1. The second kappa shape index (κ2) is 9.56. The first-order valence-electron chi connectivity index (χ1n) is 9.29. The van der Waals surface area contributed by atoms with Gasteiger partial charge in [0.2, 0.25) is 11.8 Å². The zero-order valence-corrected chi connectivity index (χ0v) is 15.8. The van der Waals surface area contributed by atoms with Crippen LogP contribution in [0.3, 0.4) is 0 Å². The molecule has 1 aliphatic heterocycles. The van der Waals surface area contributed by atoms with E-state index in [4.69, 9.17) is 0 Å². The Balaban J connectivity index is 1.83. The summed E-state index contributed by atoms with van der Waals surface area (Å²) in [5.41, 5.74) is 2.94. The molecule has 138 valence electrons. The summed E-state index contributed by atoms with van der Waals surface area (Å²) in [6, 6.07) is 5.96. The van der Waals surface area contributed by atoms with Gasteiger partial charge in [-0.3, -0.25) is 14.5 Å². The molecule has 0 radical (unpaired) electrons. The quantitative estimate of drug-likeness (QED) is 0.893. The second-order valence-corrected chi connectivity index (χ2v) is 7.16. The van der Waals surface area contributed by atoms with Gasteiger partial charge in [-0.2, -0.15) is 0 Å². The fourth-order valence-electron chi connectivity index (χ4n) is 3.15. The minimum absolute atomic E-state index is 0.0108. The van der Waals surface area contributed by atoms with Gasteiger partial charge in [0, 0.05) is 12.7 Å². The third kappa shape index (κ3) is 6.50. The molecule has 2 rings (SSSR count). The lowest BCUT2D eigenvalue weighted by Crippen LogP contribution is -2.42. The van der Waals surface area contributed by atoms with E-state index in [2.05, 4.69) is 10.2 Å². The summed E-state index contributed by atoms with van der Waals surface area (Å²) in [7, 11) is 1.70. The van der Waals surface area contributed by atoms with E-state index in [0.29, 0.717) is 6.54 Å². The Bertz CT molecular complexity index is 593. The fraction of sp³-hybridized carbons (Fsp3) is 0.600. The number of likely N-dealkylation sites (N-methyl/N-ethyl adjacent to an activating group) is 1. The molecule has 5 heteroatoms. The molecule has 0 saturated carbocycles. The molecule has 1 fully saturated rings. The van der Waals surface area contributed by atoms with Gasteiger partial charge in [0.05, 0.1) is 13.1 Å². The van der Waals surface area contributed by atoms with Crippen LogP contribution in [0.5, 0.6) is 0 Å². The van der Waals surface area contributed by atoms with Gasteiger partial charge in [-0.1, -0.05) is 31.4 Å². The van der Waals surface area contributed by atoms with Crippen LogP contribution < -0.4 is 5.32 Å². The van der Waals surface area contributed by atoms with Crippen molar-refractivity contribution in [3.8, 4) is 0 Å². The Morgan fingerprint density at radius 1 is 1.08 bits per heavy atom. The molecule has 1 saturated heterocycles. The van der Waals surface area contributed by atoms with Crippen LogP contribution in [0.1, 0.15) is 43.2 Å². The topological polar surface area (TPSA) is 52.7 Å². The van der Waals surface area contributed by atoms with Crippen molar-refractivity contribution in [3.05, 3.63) is 29.3 Å². The predicted octanol–water partition coefficient (Wildman–Crippen LogP) is 2.97. The van der Waals surface area contributed by atoms with E-state index in [-0.39, 0.29) is 18.4 Å². The van der Waals surface area contributed by atoms with Crippen molar-refractivity contribution in [3.63, 3.8) is 0 Å². The van der Waals surface area contributed by atoms with Crippen LogP contribution >= 0.6 is 0 Å². The third-order valence-electron chi connectivity index (χ3n) is 4.78. The van der Waals surface area contributed by atoms with E-state index in [1.807, 2.05) is 32.0 Å². The molecular weight excluding hydrogens is 314 g/mol. The van der Waals surface area contributed by atoms with Crippen LogP contribution in [0.2, 0.25) is 0 Å². The number of carbonyl (C=O) groups excluding carboxylic acids is 2. The fourth-order valence-corrected chi connectivity index (χ4v) is 3.15. The molecule has 0 bridgehead atoms. The van der Waals surface area contributed by atoms with E-state index in [0.717, 1.165) is 42.7 Å². The minimum Gasteiger partial charge on any atom is -0.335 e. The summed E-state index contributed by atoms with van der Waals surface area (Å²) in [5, 5.41) is 2.91. The number of amides is 2. The molecule has 1 N–H and O–H groups in total. The summed E-state index contributed by atoms with van der Waals surface area (Å²) in [6.45, 7) is 6.41. The van der Waals surface area contributed by atoms with Gasteiger partial charge in [-0.05, 0) is 57.0 Å². The van der Waals surface area contributed by atoms with E-state index in [1.54, 1.807) is 7.05 Å². The maximum atomic E-state index is 12.4. The molecule has 1 heterocycles. The molecule has 25 heavy (non-hydrogen) atoms. The number of carbonyl (C=O) groups is 2. The van der Waals surface area contributed by atoms with Crippen molar-refractivity contribution in [1.29, 1.82) is 0 Å². The highest BCUT2D eigenvalue weighted by Crippen LogP contribution is 2.16. The number of anilines is 1. The maximum absolute atomic E-state index is 12.4. The Hall–Kier alpha value is -1.88.